The summed E-state index contributed by atoms with van der Waals surface area (Å²) in [7, 11) is 0. The number of aromatic nitrogens is 1. The van der Waals surface area contributed by atoms with Crippen molar-refractivity contribution in [3.8, 4) is 0 Å². The lowest BCUT2D eigenvalue weighted by atomic mass is 10.1. The molecule has 0 bridgehead atoms. The third-order valence-corrected chi connectivity index (χ3v) is 3.23. The second-order valence-electron chi connectivity index (χ2n) is 4.92. The van der Waals surface area contributed by atoms with Crippen molar-refractivity contribution in [2.45, 2.75) is 13.3 Å². The fraction of sp³-hybridized carbons (Fsp3) is 0.333. The molecule has 0 aliphatic carbocycles. The zero-order valence-electron chi connectivity index (χ0n) is 11.3. The number of fused-ring (bicyclic) bond motifs is 1. The topological polar surface area (TPSA) is 82.2 Å². The smallest absolute Gasteiger partial charge is 0.252 e. The van der Waals surface area contributed by atoms with Gasteiger partial charge in [-0.3, -0.25) is 9.59 Å². The molecule has 106 valence electrons. The van der Waals surface area contributed by atoms with Crippen LogP contribution in [0.25, 0.3) is 10.9 Å². The van der Waals surface area contributed by atoms with Gasteiger partial charge in [-0.15, -0.1) is 0 Å². The maximum Gasteiger partial charge on any atom is 0.252 e. The van der Waals surface area contributed by atoms with Gasteiger partial charge in [-0.25, -0.2) is 0 Å². The Labute approximate surface area is 116 Å². The van der Waals surface area contributed by atoms with Gasteiger partial charge in [0.25, 0.3) is 5.91 Å². The minimum Gasteiger partial charge on any atom is -0.396 e. The lowest BCUT2D eigenvalue weighted by Gasteiger charge is -2.12. The minimum absolute atomic E-state index is 0.102. The third kappa shape index (κ3) is 3.24. The molecule has 5 nitrogen and oxygen atoms in total. The first-order valence-electron chi connectivity index (χ1n) is 6.63. The molecule has 0 aliphatic rings. The van der Waals surface area contributed by atoms with Crippen molar-refractivity contribution in [1.29, 1.82) is 0 Å². The Balaban J connectivity index is 2.24. The molecule has 2 aromatic rings. The maximum absolute atomic E-state index is 12.2. The summed E-state index contributed by atoms with van der Waals surface area (Å²) in [6.45, 7) is 2.53. The first-order valence-corrected chi connectivity index (χ1v) is 6.63. The first kappa shape index (κ1) is 14.3. The van der Waals surface area contributed by atoms with Crippen molar-refractivity contribution < 1.29 is 9.90 Å². The van der Waals surface area contributed by atoms with Gasteiger partial charge >= 0.3 is 0 Å². The summed E-state index contributed by atoms with van der Waals surface area (Å²) in [4.78, 5) is 26.5. The third-order valence-electron chi connectivity index (χ3n) is 3.23. The molecule has 3 N–H and O–H groups in total. The summed E-state index contributed by atoms with van der Waals surface area (Å²) >= 11 is 0. The van der Waals surface area contributed by atoms with E-state index in [0.717, 1.165) is 5.39 Å². The van der Waals surface area contributed by atoms with E-state index < -0.39 is 0 Å². The van der Waals surface area contributed by atoms with Crippen LogP contribution in [-0.4, -0.2) is 29.1 Å². The SMILES string of the molecule is CC(CCO)CNC(=O)c1cc(=O)[nH]c2ccccc12. The molecule has 1 aromatic carbocycles. The first-order chi connectivity index (χ1) is 9.61. The molecule has 20 heavy (non-hydrogen) atoms. The summed E-state index contributed by atoms with van der Waals surface area (Å²) in [5.41, 5.74) is 0.728. The highest BCUT2D eigenvalue weighted by Gasteiger charge is 2.12. The van der Waals surface area contributed by atoms with E-state index in [2.05, 4.69) is 10.3 Å². The lowest BCUT2D eigenvalue weighted by Crippen LogP contribution is -2.29. The molecule has 2 rings (SSSR count). The summed E-state index contributed by atoms with van der Waals surface area (Å²) in [5, 5.41) is 12.4. The van der Waals surface area contributed by atoms with Crippen LogP contribution in [0.1, 0.15) is 23.7 Å². The van der Waals surface area contributed by atoms with E-state index in [9.17, 15) is 9.59 Å². The molecule has 1 atom stereocenters. The average Bonchev–Trinajstić information content (AvgIpc) is 2.44. The normalized spacial score (nSPS) is 12.3. The van der Waals surface area contributed by atoms with Gasteiger partial charge in [0.15, 0.2) is 0 Å². The number of aliphatic hydroxyl groups is 1. The summed E-state index contributed by atoms with van der Waals surface area (Å²) in [6, 6.07) is 8.52. The van der Waals surface area contributed by atoms with Crippen LogP contribution >= 0.6 is 0 Å². The van der Waals surface area contributed by atoms with E-state index in [4.69, 9.17) is 5.11 Å². The van der Waals surface area contributed by atoms with Crippen LogP contribution in [0.2, 0.25) is 0 Å². The molecule has 0 fully saturated rings. The molecule has 1 unspecified atom stereocenters. The van der Waals surface area contributed by atoms with Gasteiger partial charge in [-0.2, -0.15) is 0 Å². The number of aromatic amines is 1. The van der Waals surface area contributed by atoms with Crippen LogP contribution < -0.4 is 10.9 Å². The van der Waals surface area contributed by atoms with Crippen LogP contribution in [0.5, 0.6) is 0 Å². The highest BCUT2D eigenvalue weighted by molar-refractivity contribution is 6.05. The molecule has 0 saturated carbocycles. The number of pyridine rings is 1. The number of hydrogen-bond donors (Lipinski definition) is 3. The van der Waals surface area contributed by atoms with Crippen molar-refractivity contribution >= 4 is 16.8 Å². The van der Waals surface area contributed by atoms with E-state index in [0.29, 0.717) is 24.0 Å². The number of amides is 1. The van der Waals surface area contributed by atoms with Crippen molar-refractivity contribution in [3.63, 3.8) is 0 Å². The number of para-hydroxylation sites is 1. The summed E-state index contributed by atoms with van der Waals surface area (Å²) in [5.74, 6) is -0.0747. The molecule has 0 spiro atoms. The van der Waals surface area contributed by atoms with Crippen LogP contribution in [0, 0.1) is 5.92 Å². The Hall–Kier alpha value is -2.14. The van der Waals surface area contributed by atoms with E-state index in [-0.39, 0.29) is 24.0 Å². The zero-order valence-corrected chi connectivity index (χ0v) is 11.3. The second kappa shape index (κ2) is 6.34. The Morgan fingerprint density at radius 3 is 2.90 bits per heavy atom. The van der Waals surface area contributed by atoms with Gasteiger partial charge < -0.3 is 15.4 Å². The molecular formula is C15H18N2O3. The zero-order chi connectivity index (χ0) is 14.5. The molecular weight excluding hydrogens is 256 g/mol. The number of aliphatic hydroxyl groups excluding tert-OH is 1. The summed E-state index contributed by atoms with van der Waals surface area (Å²) < 4.78 is 0. The van der Waals surface area contributed by atoms with Crippen LogP contribution in [-0.2, 0) is 0 Å². The number of hydrogen-bond acceptors (Lipinski definition) is 3. The van der Waals surface area contributed by atoms with Gasteiger partial charge in [0.05, 0.1) is 5.56 Å². The maximum atomic E-state index is 12.2. The number of nitrogens with one attached hydrogen (secondary N) is 2. The Morgan fingerprint density at radius 2 is 2.15 bits per heavy atom. The summed E-state index contributed by atoms with van der Waals surface area (Å²) in [6.07, 6.45) is 0.635. The highest BCUT2D eigenvalue weighted by atomic mass is 16.3. The number of carbonyl (C=O) groups excluding carboxylic acids is 1. The van der Waals surface area contributed by atoms with Gasteiger partial charge in [-0.1, -0.05) is 25.1 Å². The molecule has 0 radical (unpaired) electrons. The average molecular weight is 274 g/mol. The monoisotopic (exact) mass is 274 g/mol. The standard InChI is InChI=1S/C15H18N2O3/c1-10(6-7-18)9-16-15(20)12-8-14(19)17-13-5-3-2-4-11(12)13/h2-5,8,10,18H,6-7,9H2,1H3,(H,16,20)(H,17,19). The Bertz CT molecular complexity index is 663. The van der Waals surface area contributed by atoms with Gasteiger partial charge in [0.1, 0.15) is 0 Å². The lowest BCUT2D eigenvalue weighted by molar-refractivity contribution is 0.0947. The van der Waals surface area contributed by atoms with Crippen molar-refractivity contribution in [2.24, 2.45) is 5.92 Å². The van der Waals surface area contributed by atoms with Gasteiger partial charge in [0.2, 0.25) is 5.56 Å². The minimum atomic E-state index is -0.294. The Morgan fingerprint density at radius 1 is 1.40 bits per heavy atom. The van der Waals surface area contributed by atoms with Crippen molar-refractivity contribution in [3.05, 3.63) is 46.2 Å². The van der Waals surface area contributed by atoms with E-state index >= 15 is 0 Å². The number of rotatable bonds is 5. The van der Waals surface area contributed by atoms with Crippen molar-refractivity contribution in [2.75, 3.05) is 13.2 Å². The molecule has 1 heterocycles. The predicted octanol–water partition coefficient (Wildman–Crippen LogP) is 1.28. The van der Waals surface area contributed by atoms with Crippen LogP contribution in [0.15, 0.2) is 35.1 Å². The van der Waals surface area contributed by atoms with Gasteiger partial charge in [0, 0.05) is 30.1 Å². The molecule has 0 aliphatic heterocycles. The van der Waals surface area contributed by atoms with Gasteiger partial charge in [-0.05, 0) is 18.4 Å². The predicted molar refractivity (Wildman–Crippen MR) is 77.8 cm³/mol. The molecule has 1 amide bonds. The quantitative estimate of drug-likeness (QED) is 0.768. The van der Waals surface area contributed by atoms with Crippen molar-refractivity contribution in [1.82, 2.24) is 10.3 Å². The molecule has 5 heteroatoms. The fourth-order valence-electron chi connectivity index (χ4n) is 2.08. The van der Waals surface area contributed by atoms with Crippen LogP contribution in [0.4, 0.5) is 0 Å². The number of carbonyl (C=O) groups is 1. The van der Waals surface area contributed by atoms with Crippen LogP contribution in [0.3, 0.4) is 0 Å². The number of H-pyrrole nitrogens is 1. The molecule has 0 saturated heterocycles. The second-order valence-corrected chi connectivity index (χ2v) is 4.92. The number of benzene rings is 1. The molecule has 1 aromatic heterocycles. The largest absolute Gasteiger partial charge is 0.396 e. The van der Waals surface area contributed by atoms with E-state index in [1.165, 1.54) is 6.07 Å². The fourth-order valence-corrected chi connectivity index (χ4v) is 2.08. The van der Waals surface area contributed by atoms with E-state index in [1.807, 2.05) is 19.1 Å². The Kier molecular flexibility index (Phi) is 4.53. The van der Waals surface area contributed by atoms with E-state index in [1.54, 1.807) is 12.1 Å². The highest BCUT2D eigenvalue weighted by Crippen LogP contribution is 2.14.